The Morgan fingerprint density at radius 2 is 1.72 bits per heavy atom. The van der Waals surface area contributed by atoms with Crippen molar-refractivity contribution in [1.29, 1.82) is 0 Å². The lowest BCUT2D eigenvalue weighted by molar-refractivity contribution is -0.119. The molecule has 0 amide bonds. The van der Waals surface area contributed by atoms with E-state index in [0.29, 0.717) is 22.3 Å². The molecule has 0 aromatic heterocycles. The summed E-state index contributed by atoms with van der Waals surface area (Å²) in [6, 6.07) is 0. The minimum absolute atomic E-state index is 0.329. The van der Waals surface area contributed by atoms with Crippen molar-refractivity contribution in [1.82, 2.24) is 0 Å². The van der Waals surface area contributed by atoms with Gasteiger partial charge in [0, 0.05) is 17.4 Å². The normalized spacial score (nSPS) is 32.0. The molecule has 0 aliphatic heterocycles. The zero-order valence-electron chi connectivity index (χ0n) is 12.3. The minimum atomic E-state index is 0.329. The molecule has 1 spiro atoms. The van der Waals surface area contributed by atoms with Gasteiger partial charge in [-0.3, -0.25) is 0 Å². The maximum atomic E-state index is 6.54. The summed E-state index contributed by atoms with van der Waals surface area (Å²) in [5, 5.41) is 0.371. The molecule has 2 atom stereocenters. The van der Waals surface area contributed by atoms with Crippen LogP contribution in [-0.2, 0) is 4.74 Å². The van der Waals surface area contributed by atoms with Crippen LogP contribution in [0.25, 0.3) is 0 Å². The highest BCUT2D eigenvalue weighted by atomic mass is 35.5. The maximum absolute atomic E-state index is 6.54. The lowest BCUT2D eigenvalue weighted by Gasteiger charge is -2.53. The molecule has 2 heteroatoms. The van der Waals surface area contributed by atoms with Crippen molar-refractivity contribution in [3.63, 3.8) is 0 Å². The summed E-state index contributed by atoms with van der Waals surface area (Å²) in [5.41, 5.74) is 0.705. The molecular formula is C16H29ClO. The van der Waals surface area contributed by atoms with Crippen LogP contribution in [-0.4, -0.2) is 18.1 Å². The van der Waals surface area contributed by atoms with E-state index >= 15 is 0 Å². The highest BCUT2D eigenvalue weighted by molar-refractivity contribution is 6.21. The predicted octanol–water partition coefficient (Wildman–Crippen LogP) is 5.16. The topological polar surface area (TPSA) is 9.23 Å². The first kappa shape index (κ1) is 14.7. The van der Waals surface area contributed by atoms with Crippen LogP contribution >= 0.6 is 11.6 Å². The zero-order chi connectivity index (χ0) is 13.2. The van der Waals surface area contributed by atoms with Crippen LogP contribution in [0.4, 0.5) is 0 Å². The Labute approximate surface area is 118 Å². The average Bonchev–Trinajstić information content (AvgIpc) is 2.54. The van der Waals surface area contributed by atoms with Gasteiger partial charge in [0.15, 0.2) is 0 Å². The fourth-order valence-electron chi connectivity index (χ4n) is 3.46. The van der Waals surface area contributed by atoms with Crippen molar-refractivity contribution >= 4 is 11.6 Å². The number of rotatable bonds is 3. The molecule has 2 unspecified atom stereocenters. The largest absolute Gasteiger partial charge is 0.378 e. The molecule has 0 bridgehead atoms. The first-order chi connectivity index (χ1) is 8.44. The monoisotopic (exact) mass is 272 g/mol. The zero-order valence-corrected chi connectivity index (χ0v) is 13.1. The van der Waals surface area contributed by atoms with Gasteiger partial charge in [0.1, 0.15) is 0 Å². The Kier molecular flexibility index (Phi) is 4.65. The standard InChI is InChI=1S/C16H29ClO/c1-15(2,3)10-11-18-14-12-13(17)16(14)8-6-4-5-7-9-16/h13-14H,4-12H2,1-3H3. The van der Waals surface area contributed by atoms with Gasteiger partial charge in [-0.1, -0.05) is 46.5 Å². The van der Waals surface area contributed by atoms with Crippen molar-refractivity contribution in [2.24, 2.45) is 10.8 Å². The highest BCUT2D eigenvalue weighted by Crippen LogP contribution is 2.55. The fourth-order valence-corrected chi connectivity index (χ4v) is 3.98. The van der Waals surface area contributed by atoms with Gasteiger partial charge < -0.3 is 4.74 Å². The van der Waals surface area contributed by atoms with Crippen molar-refractivity contribution in [3.05, 3.63) is 0 Å². The molecule has 106 valence electrons. The van der Waals surface area contributed by atoms with Crippen LogP contribution in [0, 0.1) is 10.8 Å². The molecule has 18 heavy (non-hydrogen) atoms. The third-order valence-electron chi connectivity index (χ3n) is 4.89. The Morgan fingerprint density at radius 3 is 2.22 bits per heavy atom. The molecule has 2 rings (SSSR count). The van der Waals surface area contributed by atoms with Gasteiger partial charge in [-0.05, 0) is 31.1 Å². The third-order valence-corrected chi connectivity index (χ3v) is 5.50. The van der Waals surface area contributed by atoms with Gasteiger partial charge in [0.25, 0.3) is 0 Å². The second kappa shape index (κ2) is 5.71. The summed E-state index contributed by atoms with van der Waals surface area (Å²) in [4.78, 5) is 0. The molecule has 0 aromatic rings. The molecule has 2 aliphatic carbocycles. The number of hydrogen-bond donors (Lipinski definition) is 0. The average molecular weight is 273 g/mol. The molecule has 2 saturated carbocycles. The minimum Gasteiger partial charge on any atom is -0.378 e. The quantitative estimate of drug-likeness (QED) is 0.645. The molecule has 2 aliphatic rings. The van der Waals surface area contributed by atoms with E-state index in [1.807, 2.05) is 0 Å². The molecule has 0 saturated heterocycles. The van der Waals surface area contributed by atoms with Crippen molar-refractivity contribution < 1.29 is 4.74 Å². The Hall–Kier alpha value is 0.250. The maximum Gasteiger partial charge on any atom is 0.0659 e. The Bertz CT molecular complexity index is 261. The summed E-state index contributed by atoms with van der Waals surface area (Å²) in [5.74, 6) is 0. The van der Waals surface area contributed by atoms with E-state index in [9.17, 15) is 0 Å². The van der Waals surface area contributed by atoms with Gasteiger partial charge >= 0.3 is 0 Å². The van der Waals surface area contributed by atoms with Gasteiger partial charge in [0.2, 0.25) is 0 Å². The number of alkyl halides is 1. The summed E-state index contributed by atoms with van der Waals surface area (Å²) >= 11 is 6.54. The first-order valence-corrected chi connectivity index (χ1v) is 8.13. The van der Waals surface area contributed by atoms with Gasteiger partial charge in [-0.15, -0.1) is 11.6 Å². The van der Waals surface area contributed by atoms with E-state index in [-0.39, 0.29) is 0 Å². The third kappa shape index (κ3) is 3.22. The van der Waals surface area contributed by atoms with Crippen LogP contribution in [0.5, 0.6) is 0 Å². The summed E-state index contributed by atoms with van der Waals surface area (Å²) < 4.78 is 6.19. The number of ether oxygens (including phenoxy) is 1. The lowest BCUT2D eigenvalue weighted by Crippen LogP contribution is -2.55. The summed E-state index contributed by atoms with van der Waals surface area (Å²) in [7, 11) is 0. The molecule has 0 heterocycles. The fraction of sp³-hybridized carbons (Fsp3) is 1.00. The van der Waals surface area contributed by atoms with E-state index in [4.69, 9.17) is 16.3 Å². The van der Waals surface area contributed by atoms with E-state index in [1.54, 1.807) is 0 Å². The van der Waals surface area contributed by atoms with E-state index in [2.05, 4.69) is 20.8 Å². The molecule has 0 radical (unpaired) electrons. The molecule has 0 aromatic carbocycles. The van der Waals surface area contributed by atoms with Crippen LogP contribution in [0.15, 0.2) is 0 Å². The van der Waals surface area contributed by atoms with E-state index in [1.165, 1.54) is 38.5 Å². The van der Waals surface area contributed by atoms with Crippen LogP contribution in [0.3, 0.4) is 0 Å². The Balaban J connectivity index is 1.85. The van der Waals surface area contributed by atoms with Gasteiger partial charge in [-0.2, -0.15) is 0 Å². The van der Waals surface area contributed by atoms with Crippen molar-refractivity contribution in [2.45, 2.75) is 83.6 Å². The van der Waals surface area contributed by atoms with E-state index < -0.39 is 0 Å². The lowest BCUT2D eigenvalue weighted by atomic mass is 9.61. The summed E-state index contributed by atoms with van der Waals surface area (Å²) in [6.07, 6.45) is 10.7. The van der Waals surface area contributed by atoms with Gasteiger partial charge in [0.05, 0.1) is 6.10 Å². The molecule has 2 fully saturated rings. The van der Waals surface area contributed by atoms with Crippen LogP contribution in [0.1, 0.15) is 72.1 Å². The van der Waals surface area contributed by atoms with Crippen molar-refractivity contribution in [3.8, 4) is 0 Å². The Morgan fingerprint density at radius 1 is 1.11 bits per heavy atom. The second-order valence-electron chi connectivity index (χ2n) is 7.52. The molecule has 1 nitrogen and oxygen atoms in total. The molecule has 0 N–H and O–H groups in total. The number of halogens is 1. The highest BCUT2D eigenvalue weighted by Gasteiger charge is 2.54. The predicted molar refractivity (Wildman–Crippen MR) is 78.2 cm³/mol. The molecular weight excluding hydrogens is 244 g/mol. The van der Waals surface area contributed by atoms with Crippen LogP contribution < -0.4 is 0 Å². The summed E-state index contributed by atoms with van der Waals surface area (Å²) in [6.45, 7) is 7.74. The SMILES string of the molecule is CC(C)(C)CCOC1CC(Cl)C12CCCCCC2. The second-order valence-corrected chi connectivity index (χ2v) is 8.05. The smallest absolute Gasteiger partial charge is 0.0659 e. The first-order valence-electron chi connectivity index (χ1n) is 7.70. The number of hydrogen-bond acceptors (Lipinski definition) is 1. The van der Waals surface area contributed by atoms with Crippen molar-refractivity contribution in [2.75, 3.05) is 6.61 Å². The van der Waals surface area contributed by atoms with Crippen LogP contribution in [0.2, 0.25) is 0 Å². The van der Waals surface area contributed by atoms with E-state index in [0.717, 1.165) is 19.4 Å². The van der Waals surface area contributed by atoms with Gasteiger partial charge in [-0.25, -0.2) is 0 Å².